The van der Waals surface area contributed by atoms with Crippen molar-refractivity contribution in [2.45, 2.75) is 52.1 Å². The molecule has 2 heterocycles. The highest BCUT2D eigenvalue weighted by atomic mass is 16.3. The van der Waals surface area contributed by atoms with Crippen molar-refractivity contribution in [1.82, 2.24) is 14.7 Å². The lowest BCUT2D eigenvalue weighted by molar-refractivity contribution is 0.0811. The maximum atomic E-state index is 12.4. The van der Waals surface area contributed by atoms with Gasteiger partial charge in [-0.15, -0.1) is 0 Å². The van der Waals surface area contributed by atoms with E-state index in [0.29, 0.717) is 18.2 Å². The molecule has 2 atom stereocenters. The van der Waals surface area contributed by atoms with Crippen molar-refractivity contribution in [2.24, 2.45) is 5.92 Å². The molecule has 0 saturated carbocycles. The van der Waals surface area contributed by atoms with Crippen LogP contribution >= 0.6 is 0 Å². The van der Waals surface area contributed by atoms with Crippen LogP contribution in [0.3, 0.4) is 0 Å². The predicted octanol–water partition coefficient (Wildman–Crippen LogP) is 2.26. The van der Waals surface area contributed by atoms with Gasteiger partial charge >= 0.3 is 6.03 Å². The van der Waals surface area contributed by atoms with Crippen LogP contribution in [0.1, 0.15) is 40.5 Å². The molecule has 6 heteroatoms. The normalized spacial score (nSPS) is 23.2. The highest BCUT2D eigenvalue weighted by Gasteiger charge is 2.31. The van der Waals surface area contributed by atoms with Gasteiger partial charge < -0.3 is 15.3 Å². The zero-order chi connectivity index (χ0) is 15.6. The van der Waals surface area contributed by atoms with Crippen molar-refractivity contribution < 1.29 is 9.90 Å². The van der Waals surface area contributed by atoms with E-state index in [-0.39, 0.29) is 24.2 Å². The van der Waals surface area contributed by atoms with Gasteiger partial charge in [0.05, 0.1) is 30.1 Å². The summed E-state index contributed by atoms with van der Waals surface area (Å²) >= 11 is 0. The van der Waals surface area contributed by atoms with Gasteiger partial charge in [-0.3, -0.25) is 4.68 Å². The average Bonchev–Trinajstić information content (AvgIpc) is 2.86. The number of rotatable bonds is 2. The lowest BCUT2D eigenvalue weighted by atomic mass is 9.91. The van der Waals surface area contributed by atoms with E-state index in [1.807, 2.05) is 10.9 Å². The first kappa shape index (κ1) is 15.8. The van der Waals surface area contributed by atoms with E-state index < -0.39 is 0 Å². The number of nitrogens with zero attached hydrogens (tertiary/aromatic N) is 3. The number of aliphatic hydroxyl groups is 1. The third kappa shape index (κ3) is 3.56. The van der Waals surface area contributed by atoms with Crippen molar-refractivity contribution in [3.05, 3.63) is 12.4 Å². The number of likely N-dealkylation sites (tertiary alicyclic amines) is 1. The van der Waals surface area contributed by atoms with E-state index in [0.717, 1.165) is 12.8 Å². The molecular weight excluding hydrogens is 268 g/mol. The Bertz CT molecular complexity index is 492. The van der Waals surface area contributed by atoms with Gasteiger partial charge in [-0.1, -0.05) is 6.92 Å². The Morgan fingerprint density at radius 2 is 2.24 bits per heavy atom. The van der Waals surface area contributed by atoms with Gasteiger partial charge in [0, 0.05) is 12.7 Å². The summed E-state index contributed by atoms with van der Waals surface area (Å²) in [6, 6.07) is -0.259. The van der Waals surface area contributed by atoms with Gasteiger partial charge in [0.25, 0.3) is 0 Å². The summed E-state index contributed by atoms with van der Waals surface area (Å²) in [6.45, 7) is 8.95. The molecule has 0 spiro atoms. The number of urea groups is 1. The van der Waals surface area contributed by atoms with Crippen LogP contribution in [0.4, 0.5) is 10.5 Å². The average molecular weight is 294 g/mol. The van der Waals surface area contributed by atoms with Crippen molar-refractivity contribution in [3.63, 3.8) is 0 Å². The molecule has 2 unspecified atom stereocenters. The molecule has 0 aliphatic carbocycles. The van der Waals surface area contributed by atoms with Gasteiger partial charge in [0.15, 0.2) is 0 Å². The van der Waals surface area contributed by atoms with Gasteiger partial charge in [0.2, 0.25) is 0 Å². The van der Waals surface area contributed by atoms with E-state index in [9.17, 15) is 9.90 Å². The molecule has 2 N–H and O–H groups in total. The number of anilines is 1. The molecule has 6 nitrogen and oxygen atoms in total. The molecule has 0 bridgehead atoms. The molecule has 1 saturated heterocycles. The summed E-state index contributed by atoms with van der Waals surface area (Å²) in [5.41, 5.74) is 0.570. The Kier molecular flexibility index (Phi) is 4.56. The SMILES string of the molecule is CC1CCCN(C(=O)Nc2cnn(C(C)(C)C)c2)C1CO. The molecule has 2 amide bonds. The molecule has 21 heavy (non-hydrogen) atoms. The Balaban J connectivity index is 2.05. The minimum Gasteiger partial charge on any atom is -0.394 e. The Morgan fingerprint density at radius 3 is 2.81 bits per heavy atom. The van der Waals surface area contributed by atoms with Crippen LogP contribution in [0.15, 0.2) is 12.4 Å². The molecule has 118 valence electrons. The van der Waals surface area contributed by atoms with Gasteiger partial charge in [-0.25, -0.2) is 4.79 Å². The Morgan fingerprint density at radius 1 is 1.52 bits per heavy atom. The van der Waals surface area contributed by atoms with Crippen molar-refractivity contribution in [1.29, 1.82) is 0 Å². The van der Waals surface area contributed by atoms with Crippen LogP contribution in [0.5, 0.6) is 0 Å². The summed E-state index contributed by atoms with van der Waals surface area (Å²) in [5.74, 6) is 0.326. The molecule has 1 aliphatic rings. The lowest BCUT2D eigenvalue weighted by Crippen LogP contribution is -2.51. The van der Waals surface area contributed by atoms with Crippen LogP contribution in [0, 0.1) is 5.92 Å². The fourth-order valence-electron chi connectivity index (χ4n) is 2.73. The number of nitrogens with one attached hydrogen (secondary N) is 1. The maximum Gasteiger partial charge on any atom is 0.322 e. The monoisotopic (exact) mass is 294 g/mol. The van der Waals surface area contributed by atoms with E-state index in [4.69, 9.17) is 0 Å². The first-order chi connectivity index (χ1) is 9.82. The number of hydrogen-bond donors (Lipinski definition) is 2. The van der Waals surface area contributed by atoms with E-state index in [1.54, 1.807) is 11.1 Å². The molecule has 0 aromatic carbocycles. The van der Waals surface area contributed by atoms with Crippen LogP contribution in [0.2, 0.25) is 0 Å². The quantitative estimate of drug-likeness (QED) is 0.879. The third-order valence-corrected chi connectivity index (χ3v) is 4.08. The van der Waals surface area contributed by atoms with Gasteiger partial charge in [-0.2, -0.15) is 5.10 Å². The van der Waals surface area contributed by atoms with Crippen LogP contribution in [0.25, 0.3) is 0 Å². The highest BCUT2D eigenvalue weighted by Crippen LogP contribution is 2.24. The highest BCUT2D eigenvalue weighted by molar-refractivity contribution is 5.89. The van der Waals surface area contributed by atoms with Gasteiger partial charge in [-0.05, 0) is 39.5 Å². The standard InChI is InChI=1S/C15H26N4O2/c1-11-6-5-7-18(13(11)10-20)14(21)17-12-8-16-19(9-12)15(2,3)4/h8-9,11,13,20H,5-7,10H2,1-4H3,(H,17,21). The number of carbonyl (C=O) groups excluding carboxylic acids is 1. The zero-order valence-electron chi connectivity index (χ0n) is 13.3. The summed E-state index contributed by atoms with van der Waals surface area (Å²) in [6.07, 6.45) is 5.52. The number of carbonyl (C=O) groups is 1. The minimum atomic E-state index is -0.158. The predicted molar refractivity (Wildman–Crippen MR) is 82.2 cm³/mol. The van der Waals surface area contributed by atoms with E-state index >= 15 is 0 Å². The number of hydrogen-bond acceptors (Lipinski definition) is 3. The largest absolute Gasteiger partial charge is 0.394 e. The second kappa shape index (κ2) is 6.05. The van der Waals surface area contributed by atoms with Crippen LogP contribution in [-0.4, -0.2) is 45.0 Å². The number of amides is 2. The first-order valence-electron chi connectivity index (χ1n) is 7.56. The maximum absolute atomic E-state index is 12.4. The fraction of sp³-hybridized carbons (Fsp3) is 0.733. The molecule has 1 aromatic rings. The topological polar surface area (TPSA) is 70.4 Å². The summed E-state index contributed by atoms with van der Waals surface area (Å²) in [4.78, 5) is 14.1. The number of aliphatic hydroxyl groups excluding tert-OH is 1. The number of aromatic nitrogens is 2. The summed E-state index contributed by atoms with van der Waals surface area (Å²) < 4.78 is 1.82. The Hall–Kier alpha value is -1.56. The van der Waals surface area contributed by atoms with E-state index in [2.05, 4.69) is 38.1 Å². The molecule has 1 fully saturated rings. The number of piperidine rings is 1. The zero-order valence-corrected chi connectivity index (χ0v) is 13.3. The van der Waals surface area contributed by atoms with Crippen LogP contribution < -0.4 is 5.32 Å². The summed E-state index contributed by atoms with van der Waals surface area (Å²) in [7, 11) is 0. The summed E-state index contributed by atoms with van der Waals surface area (Å²) in [5, 5.41) is 16.7. The third-order valence-electron chi connectivity index (χ3n) is 4.08. The molecule has 1 aliphatic heterocycles. The van der Waals surface area contributed by atoms with Crippen molar-refractivity contribution in [3.8, 4) is 0 Å². The smallest absolute Gasteiger partial charge is 0.322 e. The second-order valence-corrected chi connectivity index (χ2v) is 6.84. The molecular formula is C15H26N4O2. The lowest BCUT2D eigenvalue weighted by Gasteiger charge is -2.38. The van der Waals surface area contributed by atoms with Crippen molar-refractivity contribution in [2.75, 3.05) is 18.5 Å². The minimum absolute atomic E-state index is 0.00976. The first-order valence-corrected chi connectivity index (χ1v) is 7.56. The van der Waals surface area contributed by atoms with Crippen LogP contribution in [-0.2, 0) is 5.54 Å². The van der Waals surface area contributed by atoms with Crippen molar-refractivity contribution >= 4 is 11.7 Å². The van der Waals surface area contributed by atoms with E-state index in [1.165, 1.54) is 0 Å². The molecule has 1 aromatic heterocycles. The Labute approximate surface area is 126 Å². The van der Waals surface area contributed by atoms with Gasteiger partial charge in [0.1, 0.15) is 0 Å². The second-order valence-electron chi connectivity index (χ2n) is 6.84. The molecule has 0 radical (unpaired) electrons. The fourth-order valence-corrected chi connectivity index (χ4v) is 2.73. The molecule has 2 rings (SSSR count).